The molecule has 160 valence electrons. The van der Waals surface area contributed by atoms with Crippen LogP contribution >= 0.6 is 0 Å². The second kappa shape index (κ2) is 8.06. The molecule has 1 aliphatic heterocycles. The Labute approximate surface area is 181 Å². The fraction of sp³-hybridized carbons (Fsp3) is 0.375. The lowest BCUT2D eigenvalue weighted by atomic mass is 9.66. The average molecular weight is 418 g/mol. The highest BCUT2D eigenvalue weighted by Crippen LogP contribution is 2.56. The van der Waals surface area contributed by atoms with Crippen LogP contribution in [0.2, 0.25) is 0 Å². The number of hydrogen-bond donors (Lipinski definition) is 0. The number of hydrogen-bond acceptors (Lipinski definition) is 6. The topological polar surface area (TPSA) is 85.9 Å². The quantitative estimate of drug-likeness (QED) is 0.407. The number of nitrogens with zero attached hydrogens (tertiary/aromatic N) is 4. The Morgan fingerprint density at radius 3 is 2.65 bits per heavy atom. The minimum Gasteiger partial charge on any atom is -0.465 e. The number of benzene rings is 1. The van der Waals surface area contributed by atoms with E-state index in [1.807, 2.05) is 38.1 Å². The minimum absolute atomic E-state index is 0.258. The molecule has 0 bridgehead atoms. The maximum absolute atomic E-state index is 12.8. The van der Waals surface area contributed by atoms with Gasteiger partial charge in [-0.05, 0) is 33.3 Å². The van der Waals surface area contributed by atoms with Gasteiger partial charge >= 0.3 is 11.7 Å². The van der Waals surface area contributed by atoms with E-state index in [0.29, 0.717) is 30.4 Å². The lowest BCUT2D eigenvalue weighted by Crippen LogP contribution is -2.45. The van der Waals surface area contributed by atoms with E-state index < -0.39 is 12.0 Å². The highest BCUT2D eigenvalue weighted by molar-refractivity contribution is 6.05. The van der Waals surface area contributed by atoms with Crippen LogP contribution in [-0.2, 0) is 16.1 Å². The van der Waals surface area contributed by atoms with Crippen LogP contribution in [0.5, 0.6) is 0 Å². The molecular weight excluding hydrogens is 392 g/mol. The molecule has 0 radical (unpaired) electrons. The molecule has 0 saturated heterocycles. The zero-order valence-electron chi connectivity index (χ0n) is 18.3. The highest BCUT2D eigenvalue weighted by Gasteiger charge is 2.53. The van der Waals surface area contributed by atoms with Gasteiger partial charge in [0, 0.05) is 29.4 Å². The molecule has 0 saturated carbocycles. The van der Waals surface area contributed by atoms with E-state index in [1.54, 1.807) is 19.9 Å². The number of aryl methyl sites for hydroxylation is 1. The monoisotopic (exact) mass is 418 g/mol. The fourth-order valence-corrected chi connectivity index (χ4v) is 4.38. The van der Waals surface area contributed by atoms with E-state index in [-0.39, 0.29) is 17.6 Å². The normalized spacial score (nSPS) is 21.6. The summed E-state index contributed by atoms with van der Waals surface area (Å²) in [7, 11) is 0. The zero-order chi connectivity index (χ0) is 22.3. The van der Waals surface area contributed by atoms with Crippen LogP contribution in [0.1, 0.15) is 55.1 Å². The number of rotatable bonds is 6. The Balaban J connectivity index is 1.85. The molecule has 0 amide bonds. The van der Waals surface area contributed by atoms with Gasteiger partial charge in [-0.25, -0.2) is 9.79 Å². The first-order chi connectivity index (χ1) is 14.9. The van der Waals surface area contributed by atoms with E-state index >= 15 is 0 Å². The second-order valence-electron chi connectivity index (χ2n) is 7.95. The first-order valence-electron chi connectivity index (χ1n) is 10.5. The smallest absolute Gasteiger partial charge is 0.349 e. The van der Waals surface area contributed by atoms with Gasteiger partial charge in [-0.3, -0.25) is 14.4 Å². The summed E-state index contributed by atoms with van der Waals surface area (Å²) in [5.41, 5.74) is 4.65. The summed E-state index contributed by atoms with van der Waals surface area (Å²) < 4.78 is 6.84. The third-order valence-corrected chi connectivity index (χ3v) is 5.92. The molecule has 1 aromatic carbocycles. The SMILES string of the molecule is C=CCn1c2c3c(nc1=O)C(N=C(C)c1ccc(C)cc1)C3C(C(=O)OCC)C(C)=N2. The van der Waals surface area contributed by atoms with Gasteiger partial charge in [0.2, 0.25) is 0 Å². The fourth-order valence-electron chi connectivity index (χ4n) is 4.38. The predicted octanol–water partition coefficient (Wildman–Crippen LogP) is 3.67. The van der Waals surface area contributed by atoms with Crippen LogP contribution in [0, 0.1) is 12.8 Å². The molecule has 2 aromatic rings. The third kappa shape index (κ3) is 3.44. The van der Waals surface area contributed by atoms with Crippen LogP contribution in [0.15, 0.2) is 51.7 Å². The van der Waals surface area contributed by atoms with E-state index in [4.69, 9.17) is 9.73 Å². The van der Waals surface area contributed by atoms with Gasteiger partial charge in [0.25, 0.3) is 0 Å². The number of esters is 1. The van der Waals surface area contributed by atoms with Gasteiger partial charge in [0.1, 0.15) is 17.8 Å². The van der Waals surface area contributed by atoms with Crippen molar-refractivity contribution in [1.29, 1.82) is 0 Å². The lowest BCUT2D eigenvalue weighted by Gasteiger charge is -2.43. The molecule has 7 nitrogen and oxygen atoms in total. The first-order valence-corrected chi connectivity index (χ1v) is 10.5. The molecule has 0 N–H and O–H groups in total. The summed E-state index contributed by atoms with van der Waals surface area (Å²) in [6.07, 6.45) is 1.64. The number of allylic oxidation sites excluding steroid dienone is 1. The van der Waals surface area contributed by atoms with E-state index in [9.17, 15) is 9.59 Å². The Morgan fingerprint density at radius 1 is 1.29 bits per heavy atom. The summed E-state index contributed by atoms with van der Waals surface area (Å²) in [5, 5.41) is 0. The van der Waals surface area contributed by atoms with Crippen molar-refractivity contribution in [2.24, 2.45) is 15.9 Å². The molecule has 4 rings (SSSR count). The molecule has 2 heterocycles. The maximum Gasteiger partial charge on any atom is 0.349 e. The Kier molecular flexibility index (Phi) is 5.43. The number of aliphatic imine (C=N–C) groups is 2. The van der Waals surface area contributed by atoms with E-state index in [1.165, 1.54) is 10.1 Å². The molecule has 3 unspecified atom stereocenters. The van der Waals surface area contributed by atoms with Crippen molar-refractivity contribution in [3.05, 3.63) is 69.8 Å². The standard InChI is InChI=1S/C24H26N4O3/c1-6-12-28-22-19-18(17(15(5)26-22)23(29)31-7-2)20(21(19)27-24(28)30)25-14(4)16-10-8-13(3)9-11-16/h6,8-11,17-18,20H,1,7,12H2,2-5H3. The van der Waals surface area contributed by atoms with Crippen molar-refractivity contribution in [2.75, 3.05) is 6.61 Å². The van der Waals surface area contributed by atoms with Crippen LogP contribution in [0.4, 0.5) is 5.82 Å². The van der Waals surface area contributed by atoms with Gasteiger partial charge in [-0.15, -0.1) is 6.58 Å². The maximum atomic E-state index is 12.8. The molecule has 2 aliphatic rings. The van der Waals surface area contributed by atoms with E-state index in [0.717, 1.165) is 16.8 Å². The number of carbonyl (C=O) groups excluding carboxylic acids is 1. The Hall–Kier alpha value is -3.35. The number of aromatic nitrogens is 2. The van der Waals surface area contributed by atoms with Crippen LogP contribution in [0.25, 0.3) is 0 Å². The first kappa shape index (κ1) is 20.9. The molecular formula is C24H26N4O3. The summed E-state index contributed by atoms with van der Waals surface area (Å²) in [6, 6.07) is 7.70. The van der Waals surface area contributed by atoms with Gasteiger partial charge in [0.15, 0.2) is 0 Å². The molecule has 1 aromatic heterocycles. The number of carbonyl (C=O) groups is 1. The zero-order valence-corrected chi connectivity index (χ0v) is 18.3. The third-order valence-electron chi connectivity index (χ3n) is 5.92. The minimum atomic E-state index is -0.545. The van der Waals surface area contributed by atoms with Crippen molar-refractivity contribution in [3.63, 3.8) is 0 Å². The Bertz CT molecular complexity index is 1170. The van der Waals surface area contributed by atoms with Gasteiger partial charge in [-0.2, -0.15) is 4.98 Å². The largest absolute Gasteiger partial charge is 0.465 e. The van der Waals surface area contributed by atoms with Gasteiger partial charge in [-0.1, -0.05) is 35.9 Å². The molecule has 7 heteroatoms. The van der Waals surface area contributed by atoms with Crippen LogP contribution in [0.3, 0.4) is 0 Å². The molecule has 0 spiro atoms. The highest BCUT2D eigenvalue weighted by atomic mass is 16.5. The van der Waals surface area contributed by atoms with E-state index in [2.05, 4.69) is 16.6 Å². The molecule has 0 fully saturated rings. The predicted molar refractivity (Wildman–Crippen MR) is 120 cm³/mol. The Morgan fingerprint density at radius 2 is 2.00 bits per heavy atom. The lowest BCUT2D eigenvalue weighted by molar-refractivity contribution is -0.146. The average Bonchev–Trinajstić information content (AvgIpc) is 2.73. The van der Waals surface area contributed by atoms with Gasteiger partial charge < -0.3 is 4.74 Å². The molecule has 3 atom stereocenters. The van der Waals surface area contributed by atoms with Crippen molar-refractivity contribution < 1.29 is 9.53 Å². The van der Waals surface area contributed by atoms with Gasteiger partial charge in [0.05, 0.1) is 12.3 Å². The van der Waals surface area contributed by atoms with Crippen molar-refractivity contribution in [2.45, 2.75) is 46.2 Å². The van der Waals surface area contributed by atoms with Crippen molar-refractivity contribution in [1.82, 2.24) is 9.55 Å². The van der Waals surface area contributed by atoms with Crippen LogP contribution < -0.4 is 5.69 Å². The summed E-state index contributed by atoms with van der Waals surface area (Å²) in [5.74, 6) is -0.570. The van der Waals surface area contributed by atoms with Crippen LogP contribution in [-0.4, -0.2) is 33.6 Å². The summed E-state index contributed by atoms with van der Waals surface area (Å²) >= 11 is 0. The van der Waals surface area contributed by atoms with Crippen molar-refractivity contribution in [3.8, 4) is 0 Å². The molecule has 31 heavy (non-hydrogen) atoms. The summed E-state index contributed by atoms with van der Waals surface area (Å²) in [4.78, 5) is 39.4. The molecule has 1 aliphatic carbocycles. The second-order valence-corrected chi connectivity index (χ2v) is 7.95. The number of ether oxygens (including phenoxy) is 1. The summed E-state index contributed by atoms with van der Waals surface area (Å²) in [6.45, 7) is 11.9. The van der Waals surface area contributed by atoms with Crippen molar-refractivity contribution >= 4 is 23.2 Å².